The van der Waals surface area contributed by atoms with Gasteiger partial charge < -0.3 is 18.3 Å². The van der Waals surface area contributed by atoms with Gasteiger partial charge in [0.1, 0.15) is 0 Å². The molecule has 0 radical (unpaired) electrons. The van der Waals surface area contributed by atoms with Crippen LogP contribution in [0.4, 0.5) is 0 Å². The minimum absolute atomic E-state index is 0.545. The highest BCUT2D eigenvalue weighted by Crippen LogP contribution is 2.40. The van der Waals surface area contributed by atoms with E-state index in [0.717, 1.165) is 6.42 Å². The third-order valence-corrected chi connectivity index (χ3v) is 65.3. The molecule has 0 aromatic rings. The smallest absolute Gasteiger partial charge is 0.272 e. The van der Waals surface area contributed by atoms with Gasteiger partial charge in [0.25, 0.3) is 5.97 Å². The Morgan fingerprint density at radius 3 is 1.63 bits per heavy atom. The molecule has 4 nitrogen and oxygen atoms in total. The summed E-state index contributed by atoms with van der Waals surface area (Å²) < 4.78 is 23.1. The zero-order valence-electron chi connectivity index (χ0n) is 20.3. The summed E-state index contributed by atoms with van der Waals surface area (Å²) in [5, 5.41) is 0. The number of methoxy groups -OCH3 is 2. The lowest BCUT2D eigenvalue weighted by Gasteiger charge is -2.54. The predicted molar refractivity (Wildman–Crippen MR) is 130 cm³/mol. The standard InChI is InChI=1S/C9H22O3Si2.C9H24OSi3/c1-10-9(11-2)7-8-13(3,4)14(5,6)12-9;1-9-8-11(2,3)13(6,7)12(4,5)10-9/h7-8H2,1-6H3;9H,8H2,1-7H3. The maximum atomic E-state index is 6.26. The molecule has 9 heteroatoms. The molecule has 1 atom stereocenters. The summed E-state index contributed by atoms with van der Waals surface area (Å²) in [5.41, 5.74) is 0. The van der Waals surface area contributed by atoms with Crippen LogP contribution in [-0.4, -0.2) is 64.3 Å². The van der Waals surface area contributed by atoms with Crippen molar-refractivity contribution in [2.75, 3.05) is 14.2 Å². The van der Waals surface area contributed by atoms with Gasteiger partial charge in [-0.05, 0) is 45.2 Å². The lowest BCUT2D eigenvalue weighted by atomic mass is 10.4. The summed E-state index contributed by atoms with van der Waals surface area (Å²) in [6, 6.07) is 2.62. The molecule has 0 aromatic heterocycles. The molecule has 2 heterocycles. The van der Waals surface area contributed by atoms with Crippen LogP contribution in [0, 0.1) is 0 Å². The van der Waals surface area contributed by atoms with Crippen LogP contribution in [0.2, 0.25) is 77.6 Å². The first-order chi connectivity index (χ1) is 11.9. The van der Waals surface area contributed by atoms with Gasteiger partial charge in [-0.3, -0.25) is 0 Å². The second-order valence-electron chi connectivity index (χ2n) is 11.2. The van der Waals surface area contributed by atoms with E-state index in [9.17, 15) is 0 Å². The molecular formula is C18H46O4Si5. The molecule has 162 valence electrons. The van der Waals surface area contributed by atoms with Crippen molar-refractivity contribution >= 4 is 38.0 Å². The summed E-state index contributed by atoms with van der Waals surface area (Å²) in [6.07, 6.45) is 1.42. The first kappa shape index (κ1) is 26.0. The molecule has 0 saturated carbocycles. The second-order valence-corrected chi connectivity index (χ2v) is 53.8. The van der Waals surface area contributed by atoms with Crippen molar-refractivity contribution < 1.29 is 18.3 Å². The molecule has 0 N–H and O–H groups in total. The molecule has 1 unspecified atom stereocenters. The van der Waals surface area contributed by atoms with E-state index in [-0.39, 0.29) is 0 Å². The molecule has 0 aliphatic carbocycles. The topological polar surface area (TPSA) is 36.9 Å². The summed E-state index contributed by atoms with van der Waals surface area (Å²) in [4.78, 5) is 0. The average Bonchev–Trinajstić information content (AvgIpc) is 2.48. The van der Waals surface area contributed by atoms with Crippen LogP contribution in [0.5, 0.6) is 0 Å². The van der Waals surface area contributed by atoms with Crippen LogP contribution >= 0.6 is 0 Å². The predicted octanol–water partition coefficient (Wildman–Crippen LogP) is 5.53. The first-order valence-electron chi connectivity index (χ1n) is 10.4. The zero-order valence-corrected chi connectivity index (χ0v) is 25.3. The van der Waals surface area contributed by atoms with Gasteiger partial charge in [-0.25, -0.2) is 0 Å². The third kappa shape index (κ3) is 5.16. The Morgan fingerprint density at radius 1 is 0.778 bits per heavy atom. The molecule has 0 bridgehead atoms. The van der Waals surface area contributed by atoms with Gasteiger partial charge in [-0.1, -0.05) is 39.3 Å². The van der Waals surface area contributed by atoms with Crippen LogP contribution in [-0.2, 0) is 18.3 Å². The minimum Gasteiger partial charge on any atom is -0.418 e. The molecular weight excluding hydrogens is 421 g/mol. The van der Waals surface area contributed by atoms with Crippen molar-refractivity contribution in [3.63, 3.8) is 0 Å². The fourth-order valence-electron chi connectivity index (χ4n) is 4.20. The molecule has 2 rings (SSSR count). The molecule has 0 aromatic carbocycles. The highest BCUT2D eigenvalue weighted by Gasteiger charge is 2.57. The average molecular weight is 467 g/mol. The van der Waals surface area contributed by atoms with Gasteiger partial charge in [-0.2, -0.15) is 0 Å². The van der Waals surface area contributed by atoms with Gasteiger partial charge in [0.2, 0.25) is 0 Å². The van der Waals surface area contributed by atoms with Crippen molar-refractivity contribution in [3.05, 3.63) is 0 Å². The van der Waals surface area contributed by atoms with E-state index in [1.165, 1.54) is 12.1 Å². The van der Waals surface area contributed by atoms with Crippen molar-refractivity contribution in [3.8, 4) is 0 Å². The highest BCUT2D eigenvalue weighted by atomic mass is 29.6. The summed E-state index contributed by atoms with van der Waals surface area (Å²) >= 11 is 0. The van der Waals surface area contributed by atoms with E-state index in [0.29, 0.717) is 6.10 Å². The normalized spacial score (nSPS) is 32.1. The Morgan fingerprint density at radius 2 is 1.26 bits per heavy atom. The lowest BCUT2D eigenvalue weighted by Crippen LogP contribution is -2.75. The number of rotatable bonds is 2. The van der Waals surface area contributed by atoms with E-state index in [1.807, 2.05) is 0 Å². The Hall–Kier alpha value is 0.924. The first-order valence-corrected chi connectivity index (χ1v) is 28.6. The molecule has 0 spiro atoms. The third-order valence-electron chi connectivity index (χ3n) is 8.21. The molecule has 2 saturated heterocycles. The lowest BCUT2D eigenvalue weighted by molar-refractivity contribution is -0.329. The second kappa shape index (κ2) is 8.22. The maximum absolute atomic E-state index is 6.26. The van der Waals surface area contributed by atoms with Crippen LogP contribution in [0.15, 0.2) is 0 Å². The molecule has 2 aliphatic rings. The summed E-state index contributed by atoms with van der Waals surface area (Å²) in [5.74, 6) is -0.752. The van der Waals surface area contributed by atoms with Gasteiger partial charge in [0, 0.05) is 34.3 Å². The number of ether oxygens (including phenoxy) is 2. The molecule has 2 fully saturated rings. The van der Waals surface area contributed by atoms with Gasteiger partial charge in [0.15, 0.2) is 15.7 Å². The fraction of sp³-hybridized carbons (Fsp3) is 1.00. The quantitative estimate of drug-likeness (QED) is 0.396. The summed E-state index contributed by atoms with van der Waals surface area (Å²) in [7, 11) is -2.76. The zero-order chi connectivity index (χ0) is 21.5. The van der Waals surface area contributed by atoms with E-state index >= 15 is 0 Å². The van der Waals surface area contributed by atoms with Crippen molar-refractivity contribution in [2.45, 2.75) is 103 Å². The van der Waals surface area contributed by atoms with Crippen LogP contribution in [0.1, 0.15) is 13.3 Å². The van der Waals surface area contributed by atoms with Crippen LogP contribution in [0.25, 0.3) is 0 Å². The van der Waals surface area contributed by atoms with E-state index in [2.05, 4.69) is 72.4 Å². The SMILES string of the molecule is CC1C[Si](C)(C)[Si](C)(C)[Si](C)(C)O1.COC1(OC)CC[Si](C)(C)[Si](C)(C)O1. The van der Waals surface area contributed by atoms with Crippen molar-refractivity contribution in [2.24, 2.45) is 0 Å². The van der Waals surface area contributed by atoms with Crippen molar-refractivity contribution in [1.82, 2.24) is 0 Å². The van der Waals surface area contributed by atoms with Gasteiger partial charge >= 0.3 is 0 Å². The van der Waals surface area contributed by atoms with E-state index in [4.69, 9.17) is 18.3 Å². The molecule has 27 heavy (non-hydrogen) atoms. The number of hydrogen-bond acceptors (Lipinski definition) is 4. The Labute approximate surface area is 173 Å². The maximum Gasteiger partial charge on any atom is 0.272 e. The molecule has 2 aliphatic heterocycles. The Kier molecular flexibility index (Phi) is 7.90. The summed E-state index contributed by atoms with van der Waals surface area (Å²) in [6.45, 7) is 26.9. The fourth-order valence-corrected chi connectivity index (χ4v) is 40.6. The minimum atomic E-state index is -1.61. The van der Waals surface area contributed by atoms with E-state index in [1.54, 1.807) is 14.2 Å². The van der Waals surface area contributed by atoms with Gasteiger partial charge in [-0.15, -0.1) is 0 Å². The monoisotopic (exact) mass is 466 g/mol. The highest BCUT2D eigenvalue weighted by molar-refractivity contribution is 7.67. The van der Waals surface area contributed by atoms with E-state index < -0.39 is 43.9 Å². The van der Waals surface area contributed by atoms with Gasteiger partial charge in [0.05, 0.1) is 14.7 Å². The number of hydrogen-bond donors (Lipinski definition) is 0. The largest absolute Gasteiger partial charge is 0.418 e. The Balaban J connectivity index is 0.000000271. The molecule has 0 amide bonds. The van der Waals surface area contributed by atoms with Crippen molar-refractivity contribution in [1.29, 1.82) is 0 Å². The van der Waals surface area contributed by atoms with Crippen LogP contribution < -0.4 is 0 Å². The Bertz CT molecular complexity index is 496. The van der Waals surface area contributed by atoms with Crippen LogP contribution in [0.3, 0.4) is 0 Å².